The molecule has 2 amide bonds. The van der Waals surface area contributed by atoms with E-state index in [0.29, 0.717) is 18.7 Å². The summed E-state index contributed by atoms with van der Waals surface area (Å²) in [7, 11) is 1.64. The number of methoxy groups -OCH3 is 1. The molecule has 0 aliphatic carbocycles. The van der Waals surface area contributed by atoms with E-state index in [4.69, 9.17) is 9.84 Å². The highest BCUT2D eigenvalue weighted by Crippen LogP contribution is 2.30. The maximum absolute atomic E-state index is 12.0. The summed E-state index contributed by atoms with van der Waals surface area (Å²) in [5.74, 6) is 1.03. The number of carbonyl (C=O) groups excluding carboxylic acids is 1. The summed E-state index contributed by atoms with van der Waals surface area (Å²) in [4.78, 5) is 12.0. The molecule has 3 N–H and O–H groups in total. The average Bonchev–Trinajstić information content (AvgIpc) is 2.60. The summed E-state index contributed by atoms with van der Waals surface area (Å²) in [6.07, 6.45) is 0.670. The number of urea groups is 1. The highest BCUT2D eigenvalue weighted by molar-refractivity contribution is 5.90. The lowest BCUT2D eigenvalue weighted by Gasteiger charge is -2.13. The molecule has 0 aromatic heterocycles. The molecule has 0 bridgehead atoms. The van der Waals surface area contributed by atoms with Crippen LogP contribution in [0.2, 0.25) is 0 Å². The average molecular weight is 328 g/mol. The Hall–Kier alpha value is -2.53. The topological polar surface area (TPSA) is 70.6 Å². The lowest BCUT2D eigenvalue weighted by molar-refractivity contribution is 0.243. The number of hydrogen-bond donors (Lipinski definition) is 3. The van der Waals surface area contributed by atoms with E-state index in [9.17, 15) is 4.79 Å². The van der Waals surface area contributed by atoms with Crippen LogP contribution in [0, 0.1) is 5.92 Å². The predicted octanol–water partition coefficient (Wildman–Crippen LogP) is 3.50. The van der Waals surface area contributed by atoms with Crippen LogP contribution >= 0.6 is 0 Å². The van der Waals surface area contributed by atoms with Gasteiger partial charge in [-0.15, -0.1) is 0 Å². The molecule has 24 heavy (non-hydrogen) atoms. The van der Waals surface area contributed by atoms with Gasteiger partial charge in [0.2, 0.25) is 0 Å². The first-order valence-electron chi connectivity index (χ1n) is 8.03. The highest BCUT2D eigenvalue weighted by Gasteiger charge is 2.08. The summed E-state index contributed by atoms with van der Waals surface area (Å²) < 4.78 is 5.39. The fraction of sp³-hybridized carbons (Fsp3) is 0.316. The molecule has 2 rings (SSSR count). The minimum absolute atomic E-state index is 0.130. The third-order valence-electron chi connectivity index (χ3n) is 3.77. The Morgan fingerprint density at radius 1 is 1.21 bits per heavy atom. The van der Waals surface area contributed by atoms with Gasteiger partial charge in [-0.05, 0) is 36.1 Å². The van der Waals surface area contributed by atoms with Crippen molar-refractivity contribution in [3.05, 3.63) is 48.5 Å². The molecular formula is C19H24N2O3. The highest BCUT2D eigenvalue weighted by atomic mass is 16.5. The molecule has 0 saturated carbocycles. The minimum atomic E-state index is -0.253. The number of hydrogen-bond acceptors (Lipinski definition) is 3. The zero-order valence-corrected chi connectivity index (χ0v) is 14.1. The second-order valence-corrected chi connectivity index (χ2v) is 5.73. The van der Waals surface area contributed by atoms with Gasteiger partial charge in [0.15, 0.2) is 0 Å². The zero-order valence-electron chi connectivity index (χ0n) is 14.1. The number of aliphatic hydroxyl groups is 1. The second-order valence-electron chi connectivity index (χ2n) is 5.73. The van der Waals surface area contributed by atoms with E-state index in [0.717, 1.165) is 16.9 Å². The number of nitrogens with one attached hydrogen (secondary N) is 2. The SMILES string of the molecule is COc1ccccc1-c1cccc(NC(=O)NC[C@@H](C)CCO)c1. The Labute approximate surface area is 142 Å². The third-order valence-corrected chi connectivity index (χ3v) is 3.77. The van der Waals surface area contributed by atoms with E-state index in [1.54, 1.807) is 7.11 Å². The normalized spacial score (nSPS) is 11.6. The van der Waals surface area contributed by atoms with Gasteiger partial charge in [0, 0.05) is 24.4 Å². The summed E-state index contributed by atoms with van der Waals surface area (Å²) in [6, 6.07) is 15.1. The molecule has 5 nitrogen and oxygen atoms in total. The molecule has 5 heteroatoms. The second kappa shape index (κ2) is 8.93. The van der Waals surface area contributed by atoms with E-state index in [-0.39, 0.29) is 18.6 Å². The molecule has 0 fully saturated rings. The van der Waals surface area contributed by atoms with Crippen molar-refractivity contribution in [3.63, 3.8) is 0 Å². The number of rotatable bonds is 7. The Kier molecular flexibility index (Phi) is 6.63. The van der Waals surface area contributed by atoms with Crippen LogP contribution in [0.5, 0.6) is 5.75 Å². The van der Waals surface area contributed by atoms with Gasteiger partial charge in [-0.1, -0.05) is 37.3 Å². The molecular weight excluding hydrogens is 304 g/mol. The first-order valence-corrected chi connectivity index (χ1v) is 8.03. The molecule has 1 atom stereocenters. The van der Waals surface area contributed by atoms with Gasteiger partial charge in [-0.2, -0.15) is 0 Å². The summed E-state index contributed by atoms with van der Waals surface area (Å²) in [6.45, 7) is 2.64. The Bertz CT molecular complexity index is 673. The van der Waals surface area contributed by atoms with Crippen molar-refractivity contribution < 1.29 is 14.6 Å². The maximum atomic E-state index is 12.0. The number of benzene rings is 2. The molecule has 0 unspecified atom stereocenters. The summed E-state index contributed by atoms with van der Waals surface area (Å²) >= 11 is 0. The van der Waals surface area contributed by atoms with Crippen molar-refractivity contribution in [1.29, 1.82) is 0 Å². The number of ether oxygens (including phenoxy) is 1. The van der Waals surface area contributed by atoms with Gasteiger partial charge in [0.25, 0.3) is 0 Å². The van der Waals surface area contributed by atoms with Crippen LogP contribution in [0.4, 0.5) is 10.5 Å². The van der Waals surface area contributed by atoms with Gasteiger partial charge in [-0.3, -0.25) is 0 Å². The maximum Gasteiger partial charge on any atom is 0.319 e. The Morgan fingerprint density at radius 3 is 2.75 bits per heavy atom. The van der Waals surface area contributed by atoms with Crippen LogP contribution in [0.3, 0.4) is 0 Å². The zero-order chi connectivity index (χ0) is 17.4. The molecule has 0 aliphatic rings. The van der Waals surface area contributed by atoms with Crippen LogP contribution in [-0.4, -0.2) is 31.4 Å². The van der Waals surface area contributed by atoms with Crippen LogP contribution in [-0.2, 0) is 0 Å². The fourth-order valence-electron chi connectivity index (χ4n) is 2.41. The van der Waals surface area contributed by atoms with E-state index in [1.807, 2.05) is 55.5 Å². The van der Waals surface area contributed by atoms with Gasteiger partial charge >= 0.3 is 6.03 Å². The van der Waals surface area contributed by atoms with Crippen LogP contribution in [0.15, 0.2) is 48.5 Å². The number of aliphatic hydroxyl groups excluding tert-OH is 1. The molecule has 0 heterocycles. The Morgan fingerprint density at radius 2 is 2.00 bits per heavy atom. The quantitative estimate of drug-likeness (QED) is 0.728. The predicted molar refractivity (Wildman–Crippen MR) is 96.3 cm³/mol. The van der Waals surface area contributed by atoms with E-state index in [2.05, 4.69) is 10.6 Å². The van der Waals surface area contributed by atoms with Gasteiger partial charge in [0.05, 0.1) is 7.11 Å². The van der Waals surface area contributed by atoms with E-state index >= 15 is 0 Å². The molecule has 0 aliphatic heterocycles. The molecule has 128 valence electrons. The molecule has 2 aromatic carbocycles. The molecule has 0 radical (unpaired) electrons. The fourth-order valence-corrected chi connectivity index (χ4v) is 2.41. The third kappa shape index (κ3) is 4.99. The lowest BCUT2D eigenvalue weighted by Crippen LogP contribution is -2.32. The number of amides is 2. The summed E-state index contributed by atoms with van der Waals surface area (Å²) in [5.41, 5.74) is 2.66. The molecule has 0 saturated heterocycles. The Balaban J connectivity index is 2.04. The van der Waals surface area contributed by atoms with Gasteiger partial charge in [0.1, 0.15) is 5.75 Å². The number of carbonyl (C=O) groups is 1. The lowest BCUT2D eigenvalue weighted by atomic mass is 10.0. The van der Waals surface area contributed by atoms with Gasteiger partial charge in [-0.25, -0.2) is 4.79 Å². The summed E-state index contributed by atoms with van der Waals surface area (Å²) in [5, 5.41) is 14.5. The standard InChI is InChI=1S/C19H24N2O3/c1-14(10-11-22)13-20-19(23)21-16-7-5-6-15(12-16)17-8-3-4-9-18(17)24-2/h3-9,12,14,22H,10-11,13H2,1-2H3,(H2,20,21,23)/t14-/m0/s1. The smallest absolute Gasteiger partial charge is 0.319 e. The van der Waals surface area contributed by atoms with Crippen LogP contribution < -0.4 is 15.4 Å². The van der Waals surface area contributed by atoms with Crippen LogP contribution in [0.1, 0.15) is 13.3 Å². The van der Waals surface area contributed by atoms with Crippen LogP contribution in [0.25, 0.3) is 11.1 Å². The minimum Gasteiger partial charge on any atom is -0.496 e. The van der Waals surface area contributed by atoms with Gasteiger partial charge < -0.3 is 20.5 Å². The van der Waals surface area contributed by atoms with Crippen molar-refractivity contribution in [3.8, 4) is 16.9 Å². The largest absolute Gasteiger partial charge is 0.496 e. The van der Waals surface area contributed by atoms with Crippen molar-refractivity contribution >= 4 is 11.7 Å². The van der Waals surface area contributed by atoms with Crippen molar-refractivity contribution in [2.45, 2.75) is 13.3 Å². The van der Waals surface area contributed by atoms with E-state index < -0.39 is 0 Å². The monoisotopic (exact) mass is 328 g/mol. The first kappa shape index (κ1) is 17.8. The van der Waals surface area contributed by atoms with Crippen molar-refractivity contribution in [2.75, 3.05) is 25.6 Å². The number of anilines is 1. The molecule has 0 spiro atoms. The van der Waals surface area contributed by atoms with Crippen molar-refractivity contribution in [1.82, 2.24) is 5.32 Å². The first-order chi connectivity index (χ1) is 11.6. The van der Waals surface area contributed by atoms with E-state index in [1.165, 1.54) is 0 Å². The molecule has 2 aromatic rings. The van der Waals surface area contributed by atoms with Crippen molar-refractivity contribution in [2.24, 2.45) is 5.92 Å². The number of para-hydroxylation sites is 1.